The molecule has 0 spiro atoms. The lowest BCUT2D eigenvalue weighted by Gasteiger charge is -2.27. The van der Waals surface area contributed by atoms with Crippen LogP contribution >= 0.6 is 0 Å². The molecule has 0 unspecified atom stereocenters. The van der Waals surface area contributed by atoms with E-state index in [1.807, 2.05) is 25.5 Å². The Hall–Kier alpha value is -2.40. The van der Waals surface area contributed by atoms with E-state index in [2.05, 4.69) is 56.3 Å². The standard InChI is InChI=1S/C19H23N5/c1-13(22-17-5-8-19-16(11-17)12-21-23-19)15-3-6-18(7-4-15)24-10-9-20-14(24)2/h3-4,6-7,9-10,12-13,17,22H,5,8,11H2,1-2H3,(H,21,23)/t13-,17+/m0/s1. The monoisotopic (exact) mass is 321 g/mol. The number of fused-ring (bicyclic) bond motifs is 1. The van der Waals surface area contributed by atoms with Crippen molar-refractivity contribution in [2.24, 2.45) is 0 Å². The van der Waals surface area contributed by atoms with E-state index in [0.29, 0.717) is 12.1 Å². The highest BCUT2D eigenvalue weighted by molar-refractivity contribution is 5.36. The molecule has 2 aromatic heterocycles. The molecule has 0 aliphatic heterocycles. The molecule has 1 aromatic carbocycles. The van der Waals surface area contributed by atoms with Gasteiger partial charge in [-0.1, -0.05) is 12.1 Å². The van der Waals surface area contributed by atoms with E-state index < -0.39 is 0 Å². The van der Waals surface area contributed by atoms with Gasteiger partial charge < -0.3 is 9.88 Å². The van der Waals surface area contributed by atoms with Crippen LogP contribution in [0.25, 0.3) is 5.69 Å². The maximum Gasteiger partial charge on any atom is 0.110 e. The third-order valence-corrected chi connectivity index (χ3v) is 5.00. The Morgan fingerprint density at radius 1 is 1.29 bits per heavy atom. The average molecular weight is 321 g/mol. The summed E-state index contributed by atoms with van der Waals surface area (Å²) in [4.78, 5) is 4.28. The minimum atomic E-state index is 0.335. The van der Waals surface area contributed by atoms with Gasteiger partial charge in [-0.25, -0.2) is 4.98 Å². The molecule has 2 atom stereocenters. The van der Waals surface area contributed by atoms with Crippen molar-refractivity contribution < 1.29 is 0 Å². The van der Waals surface area contributed by atoms with Crippen LogP contribution in [0.3, 0.4) is 0 Å². The van der Waals surface area contributed by atoms with Gasteiger partial charge in [0, 0.05) is 35.9 Å². The minimum Gasteiger partial charge on any atom is -0.307 e. The summed E-state index contributed by atoms with van der Waals surface area (Å²) < 4.78 is 2.10. The molecule has 3 aromatic rings. The maximum atomic E-state index is 4.28. The zero-order valence-corrected chi connectivity index (χ0v) is 14.2. The molecule has 0 fully saturated rings. The van der Waals surface area contributed by atoms with Gasteiger partial charge in [-0.3, -0.25) is 5.10 Å². The summed E-state index contributed by atoms with van der Waals surface area (Å²) in [6, 6.07) is 9.59. The average Bonchev–Trinajstić information content (AvgIpc) is 3.23. The molecule has 0 saturated heterocycles. The van der Waals surface area contributed by atoms with Crippen LogP contribution in [0.1, 0.15) is 42.0 Å². The van der Waals surface area contributed by atoms with E-state index >= 15 is 0 Å². The Balaban J connectivity index is 1.43. The third kappa shape index (κ3) is 2.87. The second-order valence-electron chi connectivity index (χ2n) is 6.64. The first-order valence-corrected chi connectivity index (χ1v) is 8.58. The predicted octanol–water partition coefficient (Wildman–Crippen LogP) is 3.11. The molecule has 124 valence electrons. The second-order valence-corrected chi connectivity index (χ2v) is 6.64. The van der Waals surface area contributed by atoms with Crippen LogP contribution in [0.15, 0.2) is 42.9 Å². The molecule has 0 saturated carbocycles. The Labute approximate surface area is 142 Å². The highest BCUT2D eigenvalue weighted by Gasteiger charge is 2.21. The molecule has 4 rings (SSSR count). The molecule has 5 heteroatoms. The first-order valence-electron chi connectivity index (χ1n) is 8.58. The molecule has 0 amide bonds. The van der Waals surface area contributed by atoms with Gasteiger partial charge in [0.1, 0.15) is 5.82 Å². The summed E-state index contributed by atoms with van der Waals surface area (Å²) in [6.45, 7) is 4.26. The Morgan fingerprint density at radius 2 is 2.12 bits per heavy atom. The predicted molar refractivity (Wildman–Crippen MR) is 94.3 cm³/mol. The van der Waals surface area contributed by atoms with E-state index in [1.54, 1.807) is 0 Å². The number of aromatic amines is 1. The van der Waals surface area contributed by atoms with Crippen molar-refractivity contribution >= 4 is 0 Å². The molecule has 1 aliphatic rings. The third-order valence-electron chi connectivity index (χ3n) is 5.00. The fraction of sp³-hybridized carbons (Fsp3) is 0.368. The number of hydrogen-bond acceptors (Lipinski definition) is 3. The zero-order chi connectivity index (χ0) is 16.5. The first kappa shape index (κ1) is 15.1. The highest BCUT2D eigenvalue weighted by Crippen LogP contribution is 2.22. The van der Waals surface area contributed by atoms with Crippen molar-refractivity contribution in [1.29, 1.82) is 0 Å². The molecule has 0 bridgehead atoms. The van der Waals surface area contributed by atoms with Gasteiger partial charge >= 0.3 is 0 Å². The number of H-pyrrole nitrogens is 1. The smallest absolute Gasteiger partial charge is 0.110 e. The quantitative estimate of drug-likeness (QED) is 0.776. The van der Waals surface area contributed by atoms with Gasteiger partial charge in [-0.2, -0.15) is 5.10 Å². The van der Waals surface area contributed by atoms with Gasteiger partial charge in [0.15, 0.2) is 0 Å². The van der Waals surface area contributed by atoms with Gasteiger partial charge in [-0.15, -0.1) is 0 Å². The molecule has 0 radical (unpaired) electrons. The molecule has 5 nitrogen and oxygen atoms in total. The van der Waals surface area contributed by atoms with Crippen molar-refractivity contribution in [3.63, 3.8) is 0 Å². The number of nitrogens with one attached hydrogen (secondary N) is 2. The zero-order valence-electron chi connectivity index (χ0n) is 14.2. The van der Waals surface area contributed by atoms with Crippen molar-refractivity contribution in [2.45, 2.75) is 45.2 Å². The van der Waals surface area contributed by atoms with Gasteiger partial charge in [0.2, 0.25) is 0 Å². The van der Waals surface area contributed by atoms with Crippen LogP contribution in [0.2, 0.25) is 0 Å². The maximum absolute atomic E-state index is 4.28. The first-order chi connectivity index (χ1) is 11.7. The summed E-state index contributed by atoms with van der Waals surface area (Å²) in [5.74, 6) is 1.01. The normalized spacial score (nSPS) is 18.3. The van der Waals surface area contributed by atoms with Crippen LogP contribution in [-0.2, 0) is 12.8 Å². The van der Waals surface area contributed by atoms with E-state index in [1.165, 1.54) is 16.8 Å². The molecule has 2 N–H and O–H groups in total. The summed E-state index contributed by atoms with van der Waals surface area (Å²) in [5, 5.41) is 11.0. The summed E-state index contributed by atoms with van der Waals surface area (Å²) >= 11 is 0. The lowest BCUT2D eigenvalue weighted by atomic mass is 9.92. The van der Waals surface area contributed by atoms with Gasteiger partial charge in [-0.05, 0) is 56.4 Å². The van der Waals surface area contributed by atoms with E-state index in [0.717, 1.165) is 30.8 Å². The van der Waals surface area contributed by atoms with Crippen LogP contribution in [0.4, 0.5) is 0 Å². The Morgan fingerprint density at radius 3 is 2.88 bits per heavy atom. The molecule has 2 heterocycles. The van der Waals surface area contributed by atoms with Crippen molar-refractivity contribution in [2.75, 3.05) is 0 Å². The number of rotatable bonds is 4. The number of aryl methyl sites for hydroxylation is 2. The number of nitrogens with zero attached hydrogens (tertiary/aromatic N) is 3. The molecule has 24 heavy (non-hydrogen) atoms. The lowest BCUT2D eigenvalue weighted by Crippen LogP contribution is -2.36. The van der Waals surface area contributed by atoms with Crippen molar-refractivity contribution in [3.05, 3.63) is 65.5 Å². The minimum absolute atomic E-state index is 0.335. The van der Waals surface area contributed by atoms with E-state index in [-0.39, 0.29) is 0 Å². The topological polar surface area (TPSA) is 58.5 Å². The molecule has 1 aliphatic carbocycles. The fourth-order valence-electron chi connectivity index (χ4n) is 3.58. The number of aromatic nitrogens is 4. The van der Waals surface area contributed by atoms with E-state index in [9.17, 15) is 0 Å². The molecular formula is C19H23N5. The largest absolute Gasteiger partial charge is 0.307 e. The van der Waals surface area contributed by atoms with Crippen molar-refractivity contribution in [1.82, 2.24) is 25.1 Å². The summed E-state index contributed by atoms with van der Waals surface area (Å²) in [7, 11) is 0. The molecular weight excluding hydrogens is 298 g/mol. The van der Waals surface area contributed by atoms with Crippen LogP contribution in [0, 0.1) is 6.92 Å². The fourth-order valence-corrected chi connectivity index (χ4v) is 3.58. The summed E-state index contributed by atoms with van der Waals surface area (Å²) in [5.41, 5.74) is 5.13. The van der Waals surface area contributed by atoms with Crippen molar-refractivity contribution in [3.8, 4) is 5.69 Å². The SMILES string of the molecule is Cc1nccn1-c1ccc([C@H](C)N[C@@H]2CCc3[nH]ncc3C2)cc1. The number of benzene rings is 1. The lowest BCUT2D eigenvalue weighted by molar-refractivity contribution is 0.412. The highest BCUT2D eigenvalue weighted by atomic mass is 15.1. The number of imidazole rings is 1. The second kappa shape index (κ2) is 6.24. The number of hydrogen-bond donors (Lipinski definition) is 2. The Kier molecular flexibility index (Phi) is 3.94. The van der Waals surface area contributed by atoms with Gasteiger partial charge in [0.05, 0.1) is 6.20 Å². The van der Waals surface area contributed by atoms with Crippen LogP contribution in [-0.4, -0.2) is 25.8 Å². The van der Waals surface area contributed by atoms with Crippen LogP contribution < -0.4 is 5.32 Å². The van der Waals surface area contributed by atoms with E-state index in [4.69, 9.17) is 0 Å². The van der Waals surface area contributed by atoms with Crippen LogP contribution in [0.5, 0.6) is 0 Å². The summed E-state index contributed by atoms with van der Waals surface area (Å²) in [6.07, 6.45) is 9.10. The van der Waals surface area contributed by atoms with Gasteiger partial charge in [0.25, 0.3) is 0 Å². The Bertz CT molecular complexity index is 814.